The Kier molecular flexibility index (Phi) is 4.27. The highest BCUT2D eigenvalue weighted by Gasteiger charge is 2.25. The lowest BCUT2D eigenvalue weighted by atomic mass is 10.1. The number of hydrogen-bond donors (Lipinski definition) is 0. The SMILES string of the molecule is CC(C(=O)Cc1c(F)cccc1Cl)S(C)(=O)=O. The topological polar surface area (TPSA) is 51.2 Å². The quantitative estimate of drug-likeness (QED) is 0.847. The zero-order chi connectivity index (χ0) is 13.2. The molecule has 0 saturated carbocycles. The molecule has 0 aliphatic heterocycles. The molecule has 17 heavy (non-hydrogen) atoms. The Balaban J connectivity index is 2.97. The zero-order valence-electron chi connectivity index (χ0n) is 9.41. The third kappa shape index (κ3) is 3.51. The van der Waals surface area contributed by atoms with Gasteiger partial charge in [0.25, 0.3) is 0 Å². The fourth-order valence-electron chi connectivity index (χ4n) is 1.26. The highest BCUT2D eigenvalue weighted by molar-refractivity contribution is 7.92. The second-order valence-electron chi connectivity index (χ2n) is 3.82. The van der Waals surface area contributed by atoms with E-state index in [9.17, 15) is 17.6 Å². The van der Waals surface area contributed by atoms with Crippen LogP contribution in [0.25, 0.3) is 0 Å². The van der Waals surface area contributed by atoms with E-state index in [2.05, 4.69) is 0 Å². The van der Waals surface area contributed by atoms with Gasteiger partial charge in [-0.05, 0) is 19.1 Å². The minimum atomic E-state index is -3.46. The molecule has 0 aliphatic carbocycles. The number of rotatable bonds is 4. The summed E-state index contributed by atoms with van der Waals surface area (Å²) in [6, 6.07) is 4.06. The Hall–Kier alpha value is -0.940. The molecule has 0 fully saturated rings. The molecule has 0 saturated heterocycles. The van der Waals surface area contributed by atoms with Crippen LogP contribution in [0.4, 0.5) is 4.39 Å². The molecule has 0 aliphatic rings. The van der Waals surface area contributed by atoms with Gasteiger partial charge in [-0.2, -0.15) is 0 Å². The molecular formula is C11H12ClFO3S. The first kappa shape index (κ1) is 14.1. The lowest BCUT2D eigenvalue weighted by Gasteiger charge is -2.09. The van der Waals surface area contributed by atoms with Crippen LogP contribution in [0.2, 0.25) is 5.02 Å². The van der Waals surface area contributed by atoms with Crippen molar-refractivity contribution in [2.45, 2.75) is 18.6 Å². The third-order valence-electron chi connectivity index (χ3n) is 2.51. The highest BCUT2D eigenvalue weighted by Crippen LogP contribution is 2.20. The first-order valence-electron chi connectivity index (χ1n) is 4.88. The van der Waals surface area contributed by atoms with Crippen molar-refractivity contribution in [1.82, 2.24) is 0 Å². The maximum Gasteiger partial charge on any atom is 0.157 e. The lowest BCUT2D eigenvalue weighted by molar-refractivity contribution is -0.117. The predicted octanol–water partition coefficient (Wildman–Crippen LogP) is 2.02. The van der Waals surface area contributed by atoms with Gasteiger partial charge in [0.05, 0.1) is 0 Å². The van der Waals surface area contributed by atoms with Crippen LogP contribution < -0.4 is 0 Å². The van der Waals surface area contributed by atoms with Gasteiger partial charge in [0.1, 0.15) is 11.1 Å². The fraction of sp³-hybridized carbons (Fsp3) is 0.364. The molecule has 0 spiro atoms. The summed E-state index contributed by atoms with van der Waals surface area (Å²) in [4.78, 5) is 11.7. The van der Waals surface area contributed by atoms with Gasteiger partial charge in [0.15, 0.2) is 15.6 Å². The van der Waals surface area contributed by atoms with E-state index < -0.39 is 26.7 Å². The van der Waals surface area contributed by atoms with Gasteiger partial charge in [0, 0.05) is 23.3 Å². The molecule has 0 amide bonds. The van der Waals surface area contributed by atoms with Crippen molar-refractivity contribution in [2.75, 3.05) is 6.26 Å². The van der Waals surface area contributed by atoms with Gasteiger partial charge in [-0.25, -0.2) is 12.8 Å². The number of carbonyl (C=O) groups is 1. The van der Waals surface area contributed by atoms with Crippen LogP contribution in [-0.2, 0) is 21.1 Å². The minimum Gasteiger partial charge on any atom is -0.298 e. The van der Waals surface area contributed by atoms with Gasteiger partial charge in [-0.15, -0.1) is 0 Å². The van der Waals surface area contributed by atoms with Crippen LogP contribution >= 0.6 is 11.6 Å². The largest absolute Gasteiger partial charge is 0.298 e. The number of Topliss-reactive ketones (excluding diaryl/α,β-unsaturated/α-hetero) is 1. The van der Waals surface area contributed by atoms with E-state index in [1.165, 1.54) is 25.1 Å². The van der Waals surface area contributed by atoms with Crippen molar-refractivity contribution in [3.63, 3.8) is 0 Å². The summed E-state index contributed by atoms with van der Waals surface area (Å²) in [7, 11) is -3.46. The normalized spacial score (nSPS) is 13.4. The van der Waals surface area contributed by atoms with Crippen molar-refractivity contribution in [3.8, 4) is 0 Å². The number of carbonyl (C=O) groups excluding carboxylic acids is 1. The van der Waals surface area contributed by atoms with Crippen molar-refractivity contribution in [2.24, 2.45) is 0 Å². The van der Waals surface area contributed by atoms with E-state index in [0.717, 1.165) is 6.26 Å². The average Bonchev–Trinajstić information content (AvgIpc) is 2.21. The zero-order valence-corrected chi connectivity index (χ0v) is 11.0. The van der Waals surface area contributed by atoms with Gasteiger partial charge < -0.3 is 0 Å². The van der Waals surface area contributed by atoms with Crippen LogP contribution in [0.1, 0.15) is 12.5 Å². The molecule has 0 aromatic heterocycles. The molecule has 0 heterocycles. The maximum absolute atomic E-state index is 13.4. The highest BCUT2D eigenvalue weighted by atomic mass is 35.5. The molecule has 0 radical (unpaired) electrons. The number of sulfone groups is 1. The molecule has 3 nitrogen and oxygen atoms in total. The van der Waals surface area contributed by atoms with Gasteiger partial charge in [-0.1, -0.05) is 17.7 Å². The average molecular weight is 279 g/mol. The van der Waals surface area contributed by atoms with E-state index in [1.54, 1.807) is 0 Å². The molecule has 0 bridgehead atoms. The Bertz CT molecular complexity index is 519. The summed E-state index contributed by atoms with van der Waals surface area (Å²) >= 11 is 5.75. The van der Waals surface area contributed by atoms with Crippen molar-refractivity contribution in [1.29, 1.82) is 0 Å². The number of hydrogen-bond acceptors (Lipinski definition) is 3. The van der Waals surface area contributed by atoms with Crippen LogP contribution in [0, 0.1) is 5.82 Å². The monoisotopic (exact) mass is 278 g/mol. The molecular weight excluding hydrogens is 267 g/mol. The molecule has 0 N–H and O–H groups in total. The summed E-state index contributed by atoms with van der Waals surface area (Å²) < 4.78 is 35.8. The van der Waals surface area contributed by atoms with Gasteiger partial charge in [-0.3, -0.25) is 4.79 Å². The van der Waals surface area contributed by atoms with E-state index in [-0.39, 0.29) is 17.0 Å². The lowest BCUT2D eigenvalue weighted by Crippen LogP contribution is -2.28. The summed E-state index contributed by atoms with van der Waals surface area (Å²) in [5, 5.41) is -1.03. The van der Waals surface area contributed by atoms with E-state index in [4.69, 9.17) is 11.6 Å². The summed E-state index contributed by atoms with van der Waals surface area (Å²) in [6.07, 6.45) is 0.651. The number of ketones is 1. The maximum atomic E-state index is 13.4. The second-order valence-corrected chi connectivity index (χ2v) is 6.59. The first-order chi connectivity index (χ1) is 7.73. The van der Waals surface area contributed by atoms with E-state index in [0.29, 0.717) is 0 Å². The first-order valence-corrected chi connectivity index (χ1v) is 7.21. The van der Waals surface area contributed by atoms with Gasteiger partial charge >= 0.3 is 0 Å². The Morgan fingerprint density at radius 2 is 2.06 bits per heavy atom. The predicted molar refractivity (Wildman–Crippen MR) is 64.4 cm³/mol. The van der Waals surface area contributed by atoms with E-state index in [1.807, 2.05) is 0 Å². The number of benzene rings is 1. The minimum absolute atomic E-state index is 0.0367. The van der Waals surface area contributed by atoms with Crippen LogP contribution in [0.3, 0.4) is 0 Å². The summed E-state index contributed by atoms with van der Waals surface area (Å²) in [5.41, 5.74) is 0.0367. The van der Waals surface area contributed by atoms with Crippen molar-refractivity contribution in [3.05, 3.63) is 34.6 Å². The molecule has 1 unspecified atom stereocenters. The van der Waals surface area contributed by atoms with E-state index >= 15 is 0 Å². The van der Waals surface area contributed by atoms with Crippen molar-refractivity contribution < 1.29 is 17.6 Å². The molecule has 1 atom stereocenters. The molecule has 1 aromatic rings. The standard InChI is InChI=1S/C11H12ClFO3S/c1-7(17(2,15)16)11(14)6-8-9(12)4-3-5-10(8)13/h3-5,7H,6H2,1-2H3. The fourth-order valence-corrected chi connectivity index (χ4v) is 2.05. The Morgan fingerprint density at radius 3 is 2.53 bits per heavy atom. The smallest absolute Gasteiger partial charge is 0.157 e. The van der Waals surface area contributed by atoms with Crippen LogP contribution in [0.5, 0.6) is 0 Å². The van der Waals surface area contributed by atoms with Crippen LogP contribution in [0.15, 0.2) is 18.2 Å². The van der Waals surface area contributed by atoms with Crippen LogP contribution in [-0.4, -0.2) is 25.7 Å². The molecule has 1 rings (SSSR count). The third-order valence-corrected chi connectivity index (χ3v) is 4.41. The molecule has 1 aromatic carbocycles. The Morgan fingerprint density at radius 1 is 1.47 bits per heavy atom. The second kappa shape index (κ2) is 5.14. The summed E-state index contributed by atoms with van der Waals surface area (Å²) in [5.74, 6) is -1.17. The molecule has 6 heteroatoms. The summed E-state index contributed by atoms with van der Waals surface area (Å²) in [6.45, 7) is 1.28. The molecule has 94 valence electrons. The van der Waals surface area contributed by atoms with Gasteiger partial charge in [0.2, 0.25) is 0 Å². The van der Waals surface area contributed by atoms with Crippen molar-refractivity contribution >= 4 is 27.2 Å². The number of halogens is 2. The Labute approximate surface area is 105 Å².